The van der Waals surface area contributed by atoms with Crippen LogP contribution in [0.15, 0.2) is 24.3 Å². The molecule has 0 saturated heterocycles. The molecule has 0 bridgehead atoms. The quantitative estimate of drug-likeness (QED) is 0.770. The van der Waals surface area contributed by atoms with E-state index in [-0.39, 0.29) is 30.6 Å². The molecule has 1 rings (SSSR count). The lowest BCUT2D eigenvalue weighted by Gasteiger charge is -2.16. The average Bonchev–Trinajstić information content (AvgIpc) is 2.49. The van der Waals surface area contributed by atoms with Gasteiger partial charge in [0, 0.05) is 6.42 Å². The molecule has 0 aliphatic heterocycles. The molecule has 5 nitrogen and oxygen atoms in total. The van der Waals surface area contributed by atoms with Gasteiger partial charge < -0.3 is 14.8 Å². The van der Waals surface area contributed by atoms with Gasteiger partial charge in [0.25, 0.3) is 0 Å². The Kier molecular flexibility index (Phi) is 6.94. The number of ether oxygens (including phenoxy) is 1. The third-order valence-electron chi connectivity index (χ3n) is 3.22. The van der Waals surface area contributed by atoms with Crippen LogP contribution in [0.1, 0.15) is 30.9 Å². The molecule has 0 aromatic heterocycles. The number of amides is 1. The van der Waals surface area contributed by atoms with Gasteiger partial charge in [0.2, 0.25) is 5.91 Å². The number of methoxy groups -OCH3 is 1. The maximum atomic E-state index is 12.6. The van der Waals surface area contributed by atoms with E-state index < -0.39 is 29.7 Å². The minimum Gasteiger partial charge on any atom is -0.467 e. The van der Waals surface area contributed by atoms with Gasteiger partial charge in [0.15, 0.2) is 0 Å². The summed E-state index contributed by atoms with van der Waals surface area (Å²) in [4.78, 5) is 34.6. The number of esters is 1. The van der Waals surface area contributed by atoms with Gasteiger partial charge in [-0.25, -0.2) is 4.79 Å². The third kappa shape index (κ3) is 6.39. The van der Waals surface area contributed by atoms with Gasteiger partial charge in [-0.15, -0.1) is 0 Å². The highest BCUT2D eigenvalue weighted by Gasteiger charge is 2.30. The first-order chi connectivity index (χ1) is 11.1. The van der Waals surface area contributed by atoms with E-state index >= 15 is 0 Å². The van der Waals surface area contributed by atoms with Crippen molar-refractivity contribution in [3.8, 4) is 0 Å². The molecule has 0 unspecified atom stereocenters. The van der Waals surface area contributed by atoms with Crippen LogP contribution in [0.2, 0.25) is 0 Å². The summed E-state index contributed by atoms with van der Waals surface area (Å²) >= 11 is 0. The zero-order chi connectivity index (χ0) is 18.3. The molecule has 1 aromatic carbocycles. The molecule has 0 radical (unpaired) electrons. The van der Waals surface area contributed by atoms with Crippen molar-refractivity contribution in [2.75, 3.05) is 7.11 Å². The van der Waals surface area contributed by atoms with Crippen molar-refractivity contribution in [3.05, 3.63) is 35.4 Å². The first kappa shape index (κ1) is 19.7. The summed E-state index contributed by atoms with van der Waals surface area (Å²) in [5.74, 6) is -1.50. The lowest BCUT2D eigenvalue weighted by molar-refractivity contribution is -0.145. The summed E-state index contributed by atoms with van der Waals surface area (Å²) in [6.07, 6.45) is -4.68. The number of ketones is 1. The van der Waals surface area contributed by atoms with Crippen LogP contribution in [0, 0.1) is 0 Å². The SMILES string of the molecule is COC(=O)[C@@H](CCC(C)=O)NC(=O)Cc1cccc(C(F)(F)F)c1. The van der Waals surface area contributed by atoms with Gasteiger partial charge in [-0.3, -0.25) is 4.79 Å². The Morgan fingerprint density at radius 1 is 1.25 bits per heavy atom. The van der Waals surface area contributed by atoms with Crippen LogP contribution in [-0.2, 0) is 31.7 Å². The number of nitrogens with one attached hydrogen (secondary N) is 1. The van der Waals surface area contributed by atoms with Crippen LogP contribution in [0.5, 0.6) is 0 Å². The Labute approximate surface area is 137 Å². The molecule has 0 heterocycles. The fourth-order valence-corrected chi connectivity index (χ4v) is 2.03. The van der Waals surface area contributed by atoms with Crippen molar-refractivity contribution in [2.24, 2.45) is 0 Å². The van der Waals surface area contributed by atoms with Crippen molar-refractivity contribution in [2.45, 2.75) is 38.4 Å². The zero-order valence-corrected chi connectivity index (χ0v) is 13.3. The van der Waals surface area contributed by atoms with Crippen LogP contribution in [-0.4, -0.2) is 30.8 Å². The summed E-state index contributed by atoms with van der Waals surface area (Å²) in [6, 6.07) is 3.36. The molecule has 1 N–H and O–H groups in total. The minimum absolute atomic E-state index is 0.0658. The molecule has 0 aliphatic carbocycles. The monoisotopic (exact) mass is 345 g/mol. The third-order valence-corrected chi connectivity index (χ3v) is 3.22. The van der Waals surface area contributed by atoms with Crippen molar-refractivity contribution < 1.29 is 32.3 Å². The Hall–Kier alpha value is -2.38. The number of hydrogen-bond donors (Lipinski definition) is 1. The number of hydrogen-bond acceptors (Lipinski definition) is 4. The van der Waals surface area contributed by atoms with Crippen LogP contribution in [0.25, 0.3) is 0 Å². The second kappa shape index (κ2) is 8.47. The summed E-state index contributed by atoms with van der Waals surface area (Å²) in [6.45, 7) is 1.35. The average molecular weight is 345 g/mol. The predicted octanol–water partition coefficient (Wildman–Crippen LogP) is 2.27. The first-order valence-electron chi connectivity index (χ1n) is 7.16. The molecule has 0 aliphatic rings. The number of alkyl halides is 3. The number of halogens is 3. The van der Waals surface area contributed by atoms with E-state index in [2.05, 4.69) is 10.1 Å². The van der Waals surface area contributed by atoms with E-state index in [9.17, 15) is 27.6 Å². The molecule has 8 heteroatoms. The molecule has 1 amide bonds. The van der Waals surface area contributed by atoms with Crippen molar-refractivity contribution >= 4 is 17.7 Å². The lowest BCUT2D eigenvalue weighted by Crippen LogP contribution is -2.42. The molecule has 1 atom stereocenters. The van der Waals surface area contributed by atoms with Gasteiger partial charge in [-0.2, -0.15) is 13.2 Å². The number of carbonyl (C=O) groups excluding carboxylic acids is 3. The second-order valence-corrected chi connectivity index (χ2v) is 5.26. The van der Waals surface area contributed by atoms with E-state index in [1.54, 1.807) is 0 Å². The van der Waals surface area contributed by atoms with Gasteiger partial charge in [-0.1, -0.05) is 18.2 Å². The highest BCUT2D eigenvalue weighted by Crippen LogP contribution is 2.29. The fraction of sp³-hybridized carbons (Fsp3) is 0.438. The molecule has 1 aromatic rings. The summed E-state index contributed by atoms with van der Waals surface area (Å²) in [5.41, 5.74) is -0.689. The van der Waals surface area contributed by atoms with E-state index in [4.69, 9.17) is 0 Å². The normalized spacial score (nSPS) is 12.4. The molecule has 0 saturated carbocycles. The molecule has 24 heavy (non-hydrogen) atoms. The maximum Gasteiger partial charge on any atom is 0.416 e. The van der Waals surface area contributed by atoms with E-state index in [1.807, 2.05) is 0 Å². The predicted molar refractivity (Wildman–Crippen MR) is 79.0 cm³/mol. The highest BCUT2D eigenvalue weighted by molar-refractivity contribution is 5.86. The number of carbonyl (C=O) groups is 3. The van der Waals surface area contributed by atoms with E-state index in [0.29, 0.717) is 0 Å². The smallest absolute Gasteiger partial charge is 0.416 e. The Bertz CT molecular complexity index is 614. The number of Topliss-reactive ketones (excluding diaryl/α,β-unsaturated/α-hetero) is 1. The minimum atomic E-state index is -4.50. The molecule has 132 valence electrons. The van der Waals surface area contributed by atoms with Crippen molar-refractivity contribution in [1.82, 2.24) is 5.32 Å². The zero-order valence-electron chi connectivity index (χ0n) is 13.3. The Balaban J connectivity index is 2.75. The Morgan fingerprint density at radius 2 is 1.92 bits per heavy atom. The van der Waals surface area contributed by atoms with Crippen LogP contribution >= 0.6 is 0 Å². The second-order valence-electron chi connectivity index (χ2n) is 5.26. The number of rotatable bonds is 7. The van der Waals surface area contributed by atoms with Crippen LogP contribution in [0.4, 0.5) is 13.2 Å². The van der Waals surface area contributed by atoms with Crippen LogP contribution in [0.3, 0.4) is 0 Å². The van der Waals surface area contributed by atoms with Gasteiger partial charge in [0.05, 0.1) is 19.1 Å². The molecule has 0 spiro atoms. The Morgan fingerprint density at radius 3 is 2.46 bits per heavy atom. The summed E-state index contributed by atoms with van der Waals surface area (Å²) in [5, 5.41) is 2.38. The number of benzene rings is 1. The largest absolute Gasteiger partial charge is 0.467 e. The molecular weight excluding hydrogens is 327 g/mol. The van der Waals surface area contributed by atoms with Crippen molar-refractivity contribution in [3.63, 3.8) is 0 Å². The highest BCUT2D eigenvalue weighted by atomic mass is 19.4. The first-order valence-corrected chi connectivity index (χ1v) is 7.16. The van der Waals surface area contributed by atoms with Crippen LogP contribution < -0.4 is 5.32 Å². The standard InChI is InChI=1S/C16H18F3NO4/c1-10(21)6-7-13(15(23)24-2)20-14(22)9-11-4-3-5-12(8-11)16(17,18)19/h3-5,8,13H,6-7,9H2,1-2H3,(H,20,22)/t13-/m1/s1. The van der Waals surface area contributed by atoms with Gasteiger partial charge in [-0.05, 0) is 25.0 Å². The van der Waals surface area contributed by atoms with Crippen molar-refractivity contribution in [1.29, 1.82) is 0 Å². The van der Waals surface area contributed by atoms with Gasteiger partial charge >= 0.3 is 12.1 Å². The lowest BCUT2D eigenvalue weighted by atomic mass is 10.1. The maximum absolute atomic E-state index is 12.6. The van der Waals surface area contributed by atoms with E-state index in [0.717, 1.165) is 19.2 Å². The molecular formula is C16H18F3NO4. The fourth-order valence-electron chi connectivity index (χ4n) is 2.03. The van der Waals surface area contributed by atoms with E-state index in [1.165, 1.54) is 19.1 Å². The summed E-state index contributed by atoms with van der Waals surface area (Å²) in [7, 11) is 1.14. The van der Waals surface area contributed by atoms with Gasteiger partial charge in [0.1, 0.15) is 11.8 Å². The topological polar surface area (TPSA) is 72.5 Å². The molecule has 0 fully saturated rings. The summed E-state index contributed by atoms with van der Waals surface area (Å²) < 4.78 is 42.5.